The van der Waals surface area contributed by atoms with E-state index in [0.717, 1.165) is 0 Å². The summed E-state index contributed by atoms with van der Waals surface area (Å²) in [6.07, 6.45) is 1.49. The number of amides is 1. The predicted octanol–water partition coefficient (Wildman–Crippen LogP) is 1.94. The Hall–Kier alpha value is -1.16. The van der Waals surface area contributed by atoms with Crippen LogP contribution in [0.4, 0.5) is 0 Å². The van der Waals surface area contributed by atoms with Crippen molar-refractivity contribution in [2.75, 3.05) is 12.0 Å². The van der Waals surface area contributed by atoms with Gasteiger partial charge in [0.15, 0.2) is 0 Å². The molecule has 0 N–H and O–H groups in total. The van der Waals surface area contributed by atoms with Gasteiger partial charge in [-0.05, 0) is 12.1 Å². The molecule has 1 amide bonds. The lowest BCUT2D eigenvalue weighted by Crippen LogP contribution is -2.04. The van der Waals surface area contributed by atoms with E-state index in [1.165, 1.54) is 6.26 Å². The quantitative estimate of drug-likeness (QED) is 0.750. The van der Waals surface area contributed by atoms with E-state index in [4.69, 9.17) is 0 Å². The van der Waals surface area contributed by atoms with Crippen molar-refractivity contribution in [3.8, 4) is 0 Å². The first kappa shape index (κ1) is 10.9. The van der Waals surface area contributed by atoms with Gasteiger partial charge in [-0.1, -0.05) is 25.1 Å². The summed E-state index contributed by atoms with van der Waals surface area (Å²) in [5.74, 6) is -0.00841. The molecule has 1 atom stereocenters. The van der Waals surface area contributed by atoms with Gasteiger partial charge >= 0.3 is 0 Å². The monoisotopic (exact) mass is 211 g/mol. The molecule has 14 heavy (non-hydrogen) atoms. The highest BCUT2D eigenvalue weighted by atomic mass is 32.2. The smallest absolute Gasteiger partial charge is 0.266 e. The van der Waals surface area contributed by atoms with Crippen molar-refractivity contribution in [1.29, 1.82) is 0 Å². The molecule has 0 aliphatic rings. The lowest BCUT2D eigenvalue weighted by molar-refractivity contribution is 0.100. The summed E-state index contributed by atoms with van der Waals surface area (Å²) in [4.78, 5) is 11.5. The molecule has 0 fully saturated rings. The lowest BCUT2D eigenvalue weighted by atomic mass is 10.2. The van der Waals surface area contributed by atoms with Crippen molar-refractivity contribution in [2.45, 2.75) is 6.92 Å². The van der Waals surface area contributed by atoms with Gasteiger partial charge in [0.2, 0.25) is 0 Å². The summed E-state index contributed by atoms with van der Waals surface area (Å²) in [6.45, 7) is 1.75. The van der Waals surface area contributed by atoms with Gasteiger partial charge in [-0.3, -0.25) is 4.79 Å². The molecule has 0 aliphatic carbocycles. The average molecular weight is 211 g/mol. The molecule has 0 radical (unpaired) electrons. The molecule has 0 saturated heterocycles. The molecular weight excluding hydrogens is 198 g/mol. The van der Waals surface area contributed by atoms with Gasteiger partial charge in [-0.25, -0.2) is 4.21 Å². The summed E-state index contributed by atoms with van der Waals surface area (Å²) >= 11 is 0. The largest absolute Gasteiger partial charge is 0.285 e. The molecule has 0 saturated carbocycles. The molecular formula is C10H13NO2S. The van der Waals surface area contributed by atoms with Gasteiger partial charge in [0.1, 0.15) is 0 Å². The molecule has 0 aromatic heterocycles. The number of nitrogens with zero attached hydrogens (tertiary/aromatic N) is 1. The predicted molar refractivity (Wildman–Crippen MR) is 57.8 cm³/mol. The maximum atomic E-state index is 11.6. The third-order valence-corrected chi connectivity index (χ3v) is 3.46. The number of carbonyl (C=O) groups excluding carboxylic acids is 1. The van der Waals surface area contributed by atoms with Crippen molar-refractivity contribution in [2.24, 2.45) is 4.36 Å². The maximum absolute atomic E-state index is 11.6. The van der Waals surface area contributed by atoms with Crippen molar-refractivity contribution >= 4 is 15.6 Å². The van der Waals surface area contributed by atoms with Crippen LogP contribution in [0.3, 0.4) is 0 Å². The summed E-state index contributed by atoms with van der Waals surface area (Å²) in [6, 6.07) is 8.66. The van der Waals surface area contributed by atoms with E-state index in [0.29, 0.717) is 11.3 Å². The Morgan fingerprint density at radius 1 is 1.36 bits per heavy atom. The van der Waals surface area contributed by atoms with Crippen LogP contribution in [0.1, 0.15) is 17.3 Å². The number of hydrogen-bond acceptors (Lipinski definition) is 2. The fraction of sp³-hybridized carbons (Fsp3) is 0.300. The third kappa shape index (κ3) is 2.96. The van der Waals surface area contributed by atoms with Crippen LogP contribution < -0.4 is 0 Å². The first-order chi connectivity index (χ1) is 6.55. The molecule has 1 aromatic rings. The Balaban J connectivity index is 3.00. The Labute approximate surface area is 84.3 Å². The zero-order valence-corrected chi connectivity index (χ0v) is 9.08. The van der Waals surface area contributed by atoms with Gasteiger partial charge < -0.3 is 0 Å². The van der Waals surface area contributed by atoms with Crippen molar-refractivity contribution in [3.63, 3.8) is 0 Å². The molecule has 0 aliphatic heterocycles. The van der Waals surface area contributed by atoms with Gasteiger partial charge in [0, 0.05) is 17.6 Å². The normalized spacial score (nSPS) is 14.4. The molecule has 3 nitrogen and oxygen atoms in total. The molecule has 1 unspecified atom stereocenters. The Bertz CT molecular complexity index is 431. The second-order valence-electron chi connectivity index (χ2n) is 3.01. The van der Waals surface area contributed by atoms with Crippen LogP contribution in [-0.4, -0.2) is 22.1 Å². The van der Waals surface area contributed by atoms with Crippen molar-refractivity contribution < 1.29 is 9.00 Å². The van der Waals surface area contributed by atoms with E-state index in [1.807, 2.05) is 6.07 Å². The number of hydrogen-bond donors (Lipinski definition) is 0. The van der Waals surface area contributed by atoms with E-state index in [1.54, 1.807) is 31.2 Å². The van der Waals surface area contributed by atoms with Crippen molar-refractivity contribution in [1.82, 2.24) is 0 Å². The lowest BCUT2D eigenvalue weighted by Gasteiger charge is -1.98. The summed E-state index contributed by atoms with van der Waals surface area (Å²) in [5, 5.41) is 0. The first-order valence-electron chi connectivity index (χ1n) is 4.34. The first-order valence-corrected chi connectivity index (χ1v) is 6.43. The average Bonchev–Trinajstić information content (AvgIpc) is 2.19. The zero-order chi connectivity index (χ0) is 10.6. The highest BCUT2D eigenvalue weighted by molar-refractivity contribution is 7.93. The second-order valence-corrected chi connectivity index (χ2v) is 5.69. The molecule has 0 bridgehead atoms. The fourth-order valence-corrected chi connectivity index (χ4v) is 1.46. The molecule has 4 heteroatoms. The highest BCUT2D eigenvalue weighted by Crippen LogP contribution is 2.03. The van der Waals surface area contributed by atoms with Crippen LogP contribution in [-0.2, 0) is 9.73 Å². The van der Waals surface area contributed by atoms with E-state index in [-0.39, 0.29) is 0 Å². The topological polar surface area (TPSA) is 46.5 Å². The van der Waals surface area contributed by atoms with Gasteiger partial charge in [-0.2, -0.15) is 4.36 Å². The molecule has 76 valence electrons. The van der Waals surface area contributed by atoms with E-state index >= 15 is 0 Å². The Morgan fingerprint density at radius 2 is 1.93 bits per heavy atom. The van der Waals surface area contributed by atoms with Crippen molar-refractivity contribution in [3.05, 3.63) is 35.9 Å². The minimum absolute atomic E-state index is 0.394. The molecule has 0 spiro atoms. The van der Waals surface area contributed by atoms with Crippen LogP contribution in [0, 0.1) is 0 Å². The number of carbonyl (C=O) groups is 1. The Kier molecular flexibility index (Phi) is 3.41. The van der Waals surface area contributed by atoms with Crippen LogP contribution in [0.2, 0.25) is 0 Å². The van der Waals surface area contributed by atoms with E-state index in [2.05, 4.69) is 4.36 Å². The van der Waals surface area contributed by atoms with Crippen LogP contribution in [0.25, 0.3) is 0 Å². The van der Waals surface area contributed by atoms with E-state index in [9.17, 15) is 9.00 Å². The minimum atomic E-state index is -2.34. The molecule has 1 aromatic carbocycles. The van der Waals surface area contributed by atoms with Gasteiger partial charge in [-0.15, -0.1) is 0 Å². The number of rotatable bonds is 2. The highest BCUT2D eigenvalue weighted by Gasteiger charge is 2.05. The summed E-state index contributed by atoms with van der Waals surface area (Å²) in [7, 11) is -2.34. The maximum Gasteiger partial charge on any atom is 0.285 e. The van der Waals surface area contributed by atoms with Crippen LogP contribution in [0.5, 0.6) is 0 Å². The van der Waals surface area contributed by atoms with E-state index < -0.39 is 15.6 Å². The molecule has 0 heterocycles. The standard InChI is InChI=1S/C10H13NO2S/c1-3-14(2,13)11-10(12)9-7-5-4-6-8-9/h4-8H,3H2,1-2H3. The second kappa shape index (κ2) is 4.37. The fourth-order valence-electron chi connectivity index (χ4n) is 0.873. The Morgan fingerprint density at radius 3 is 2.43 bits per heavy atom. The summed E-state index contributed by atoms with van der Waals surface area (Å²) < 4.78 is 15.2. The summed E-state index contributed by atoms with van der Waals surface area (Å²) in [5.41, 5.74) is 0.482. The minimum Gasteiger partial charge on any atom is -0.266 e. The van der Waals surface area contributed by atoms with Crippen LogP contribution in [0.15, 0.2) is 34.7 Å². The van der Waals surface area contributed by atoms with Crippen LogP contribution >= 0.6 is 0 Å². The molecule has 1 rings (SSSR count). The number of benzene rings is 1. The SMILES string of the molecule is CCS(C)(=O)=NC(=O)c1ccccc1. The third-order valence-electron chi connectivity index (χ3n) is 1.83. The zero-order valence-electron chi connectivity index (χ0n) is 8.27. The van der Waals surface area contributed by atoms with Gasteiger partial charge in [0.25, 0.3) is 5.91 Å². The van der Waals surface area contributed by atoms with Gasteiger partial charge in [0.05, 0.1) is 9.73 Å².